The summed E-state index contributed by atoms with van der Waals surface area (Å²) < 4.78 is 0. The molecule has 0 fully saturated rings. The van der Waals surface area contributed by atoms with E-state index in [2.05, 4.69) is 36.9 Å². The standard InChI is InChI=1S/C43H63N13O15/c1-19(2)14-27(40(67)51-26(10-13-33(47)59)39(66)56-30(43(70)71)17-35(61)62)53-41(68)28(15-21-18-49-23-7-5-4-6-22(21)23)54-38(65)25(9-12-32(46)58)52-42(69)29(16-34(48)60)55-37(64)24(8-11-31(45)57)50-36(63)20(3)44/h4-7,18-20,24-30,49H,8-17,44H2,1-3H3,(H2,45,57)(H2,46,58)(H2,47,59)(H2,48,60)(H,50,63)(H,51,67)(H,52,69)(H,53,68)(H,54,65)(H,55,64)(H,56,66)(H,61,62)(H,70,71)/t20-,24-,25-,26-,27-,28-,29-,30-/m0/s1. The fraction of sp³-hybridized carbons (Fsp3) is 0.512. The van der Waals surface area contributed by atoms with Gasteiger partial charge >= 0.3 is 11.9 Å². The number of primary amides is 4. The van der Waals surface area contributed by atoms with Crippen LogP contribution in [0.3, 0.4) is 0 Å². The van der Waals surface area contributed by atoms with Gasteiger partial charge < -0.3 is 81.1 Å². The van der Waals surface area contributed by atoms with E-state index < -0.39 is 170 Å². The maximum atomic E-state index is 14.4. The molecule has 0 bridgehead atoms. The Bertz CT molecular complexity index is 2320. The Hall–Kier alpha value is -8.17. The van der Waals surface area contributed by atoms with Gasteiger partial charge in [0.25, 0.3) is 0 Å². The van der Waals surface area contributed by atoms with Crippen molar-refractivity contribution in [3.05, 3.63) is 36.0 Å². The third-order valence-corrected chi connectivity index (χ3v) is 10.5. The molecule has 28 nitrogen and oxygen atoms in total. The molecule has 28 heteroatoms. The smallest absolute Gasteiger partial charge is 0.326 e. The minimum absolute atomic E-state index is 0.116. The Kier molecular flexibility index (Phi) is 23.5. The topological polar surface area (TPSA) is 492 Å². The van der Waals surface area contributed by atoms with Gasteiger partial charge in [-0.1, -0.05) is 32.0 Å². The Morgan fingerprint density at radius 2 is 0.901 bits per heavy atom. The maximum Gasteiger partial charge on any atom is 0.326 e. The number of para-hydroxylation sites is 1. The normalized spacial score (nSPS) is 14.4. The first kappa shape index (κ1) is 59.0. The Morgan fingerprint density at radius 1 is 0.507 bits per heavy atom. The quantitative estimate of drug-likeness (QED) is 0.0326. The molecular weight excluding hydrogens is 939 g/mol. The van der Waals surface area contributed by atoms with Gasteiger partial charge in [-0.3, -0.25) is 57.5 Å². The second-order valence-electron chi connectivity index (χ2n) is 17.0. The van der Waals surface area contributed by atoms with Crippen molar-refractivity contribution in [1.82, 2.24) is 42.2 Å². The molecule has 0 saturated carbocycles. The van der Waals surface area contributed by atoms with E-state index >= 15 is 0 Å². The van der Waals surface area contributed by atoms with Crippen molar-refractivity contribution in [2.45, 2.75) is 133 Å². The van der Waals surface area contributed by atoms with Gasteiger partial charge in [0.15, 0.2) is 0 Å². The van der Waals surface area contributed by atoms with Crippen molar-refractivity contribution in [1.29, 1.82) is 0 Å². The molecule has 0 aliphatic heterocycles. The summed E-state index contributed by atoms with van der Waals surface area (Å²) in [6.07, 6.45) is -3.57. The van der Waals surface area contributed by atoms with Crippen LogP contribution in [0, 0.1) is 5.92 Å². The zero-order chi connectivity index (χ0) is 53.7. The molecule has 0 aliphatic carbocycles. The number of nitrogens with two attached hydrogens (primary N) is 5. The average molecular weight is 1000 g/mol. The van der Waals surface area contributed by atoms with E-state index in [4.69, 9.17) is 33.8 Å². The molecular formula is C43H63N13O15. The highest BCUT2D eigenvalue weighted by atomic mass is 16.4. The summed E-state index contributed by atoms with van der Waals surface area (Å²) >= 11 is 0. The van der Waals surface area contributed by atoms with E-state index in [0.717, 1.165) is 0 Å². The molecule has 0 spiro atoms. The first-order valence-corrected chi connectivity index (χ1v) is 22.2. The molecule has 8 atom stereocenters. The lowest BCUT2D eigenvalue weighted by Gasteiger charge is -2.28. The predicted molar refractivity (Wildman–Crippen MR) is 248 cm³/mol. The maximum absolute atomic E-state index is 14.4. The molecule has 2 rings (SSSR count). The van der Waals surface area contributed by atoms with Crippen LogP contribution in [0.1, 0.15) is 84.1 Å². The lowest BCUT2D eigenvalue weighted by atomic mass is 9.99. The zero-order valence-corrected chi connectivity index (χ0v) is 39.2. The molecule has 0 unspecified atom stereocenters. The molecule has 0 radical (unpaired) electrons. The van der Waals surface area contributed by atoms with Gasteiger partial charge in [0.2, 0.25) is 65.0 Å². The van der Waals surface area contributed by atoms with Crippen LogP contribution in [0.4, 0.5) is 0 Å². The van der Waals surface area contributed by atoms with Crippen molar-refractivity contribution in [2.24, 2.45) is 34.6 Å². The molecule has 11 amide bonds. The molecule has 0 aliphatic rings. The number of carboxylic acids is 2. The molecule has 1 aromatic heterocycles. The molecule has 390 valence electrons. The second-order valence-corrected chi connectivity index (χ2v) is 17.0. The van der Waals surface area contributed by atoms with E-state index in [-0.39, 0.29) is 25.2 Å². The number of carboxylic acid groups (broad SMARTS) is 2. The largest absolute Gasteiger partial charge is 0.481 e. The van der Waals surface area contributed by atoms with Crippen molar-refractivity contribution >= 4 is 87.8 Å². The van der Waals surface area contributed by atoms with Crippen molar-refractivity contribution in [3.8, 4) is 0 Å². The number of aromatic nitrogens is 1. The Morgan fingerprint density at radius 3 is 1.34 bits per heavy atom. The van der Waals surface area contributed by atoms with Crippen LogP contribution in [0.25, 0.3) is 10.9 Å². The summed E-state index contributed by atoms with van der Waals surface area (Å²) in [5.74, 6) is -14.9. The summed E-state index contributed by atoms with van der Waals surface area (Å²) in [5.41, 5.74) is 28.0. The highest BCUT2D eigenvalue weighted by Gasteiger charge is 2.36. The van der Waals surface area contributed by atoms with Crippen molar-refractivity contribution in [2.75, 3.05) is 0 Å². The number of hydrogen-bond acceptors (Lipinski definition) is 14. The van der Waals surface area contributed by atoms with Gasteiger partial charge in [-0.15, -0.1) is 0 Å². The van der Waals surface area contributed by atoms with Gasteiger partial charge in [0.05, 0.1) is 18.9 Å². The highest BCUT2D eigenvalue weighted by molar-refractivity contribution is 5.99. The lowest BCUT2D eigenvalue weighted by molar-refractivity contribution is -0.147. The predicted octanol–water partition coefficient (Wildman–Crippen LogP) is -5.27. The SMILES string of the molecule is CC(C)C[C@H](NC(=O)[C@H](Cc1c[nH]c2ccccc12)NC(=O)[C@H](CCC(N)=O)NC(=O)[C@H](CC(N)=O)NC(=O)[C@H](CCC(N)=O)NC(=O)[C@H](C)N)C(=O)N[C@@H](CCC(N)=O)C(=O)N[C@@H](CC(=O)O)C(=O)O. The number of amides is 11. The Balaban J connectivity index is 2.58. The second kappa shape index (κ2) is 28.4. The average Bonchev–Trinajstić information content (AvgIpc) is 3.68. The van der Waals surface area contributed by atoms with Crippen LogP contribution in [0.15, 0.2) is 30.5 Å². The van der Waals surface area contributed by atoms with E-state index in [1.807, 2.05) is 5.32 Å². The molecule has 20 N–H and O–H groups in total. The summed E-state index contributed by atoms with van der Waals surface area (Å²) in [4.78, 5) is 169. The van der Waals surface area contributed by atoms with Crippen LogP contribution in [0.2, 0.25) is 0 Å². The summed E-state index contributed by atoms with van der Waals surface area (Å²) in [6.45, 7) is 4.66. The fourth-order valence-electron chi connectivity index (χ4n) is 6.82. The van der Waals surface area contributed by atoms with Crippen LogP contribution >= 0.6 is 0 Å². The number of rotatable bonds is 32. The van der Waals surface area contributed by atoms with Crippen LogP contribution in [0.5, 0.6) is 0 Å². The number of aliphatic carboxylic acids is 2. The number of carbonyl (C=O) groups excluding carboxylic acids is 11. The summed E-state index contributed by atoms with van der Waals surface area (Å²) in [7, 11) is 0. The van der Waals surface area contributed by atoms with E-state index in [0.29, 0.717) is 16.5 Å². The first-order valence-electron chi connectivity index (χ1n) is 22.2. The molecule has 2 aromatic rings. The van der Waals surface area contributed by atoms with E-state index in [9.17, 15) is 67.4 Å². The number of carbonyl (C=O) groups is 13. The number of nitrogens with one attached hydrogen (secondary N) is 8. The summed E-state index contributed by atoms with van der Waals surface area (Å²) in [6, 6.07) is -6.07. The van der Waals surface area contributed by atoms with Gasteiger partial charge in [-0.2, -0.15) is 0 Å². The minimum Gasteiger partial charge on any atom is -0.481 e. The fourth-order valence-corrected chi connectivity index (χ4v) is 6.82. The lowest BCUT2D eigenvalue weighted by Crippen LogP contribution is -2.61. The first-order chi connectivity index (χ1) is 33.2. The molecule has 1 heterocycles. The van der Waals surface area contributed by atoms with Crippen LogP contribution in [-0.4, -0.2) is 140 Å². The third kappa shape index (κ3) is 20.9. The molecule has 0 saturated heterocycles. The van der Waals surface area contributed by atoms with Crippen LogP contribution in [-0.2, 0) is 68.7 Å². The van der Waals surface area contributed by atoms with Gasteiger partial charge in [0, 0.05) is 42.8 Å². The van der Waals surface area contributed by atoms with E-state index in [1.54, 1.807) is 44.3 Å². The van der Waals surface area contributed by atoms with Gasteiger partial charge in [0.1, 0.15) is 42.3 Å². The number of fused-ring (bicyclic) bond motifs is 1. The van der Waals surface area contributed by atoms with Gasteiger partial charge in [-0.25, -0.2) is 4.79 Å². The number of hydrogen-bond donors (Lipinski definition) is 15. The van der Waals surface area contributed by atoms with Gasteiger partial charge in [-0.05, 0) is 50.2 Å². The van der Waals surface area contributed by atoms with Crippen molar-refractivity contribution in [3.63, 3.8) is 0 Å². The number of aromatic amines is 1. The molecule has 71 heavy (non-hydrogen) atoms. The Labute approximate surface area is 405 Å². The van der Waals surface area contributed by atoms with Crippen molar-refractivity contribution < 1.29 is 72.5 Å². The minimum atomic E-state index is -1.94. The van der Waals surface area contributed by atoms with Crippen LogP contribution < -0.4 is 65.9 Å². The third-order valence-electron chi connectivity index (χ3n) is 10.5. The molecule has 1 aromatic carbocycles. The number of benzene rings is 1. The summed E-state index contributed by atoms with van der Waals surface area (Å²) in [5, 5.41) is 35.6. The number of H-pyrrole nitrogens is 1. The highest BCUT2D eigenvalue weighted by Crippen LogP contribution is 2.20. The monoisotopic (exact) mass is 1000 g/mol. The zero-order valence-electron chi connectivity index (χ0n) is 39.2. The van der Waals surface area contributed by atoms with E-state index in [1.165, 1.54) is 6.92 Å².